The lowest BCUT2D eigenvalue weighted by Gasteiger charge is -2.14. The summed E-state index contributed by atoms with van der Waals surface area (Å²) in [6.07, 6.45) is 0. The molecule has 1 N–H and O–H groups in total. The molecule has 3 aromatic carbocycles. The molecule has 0 aromatic heterocycles. The fourth-order valence-corrected chi connectivity index (χ4v) is 2.64. The zero-order chi connectivity index (χ0) is 20.1. The number of methoxy groups -OCH3 is 1. The highest BCUT2D eigenvalue weighted by atomic mass is 19.3. The van der Waals surface area contributed by atoms with Gasteiger partial charge in [-0.3, -0.25) is 4.79 Å². The molecule has 0 aliphatic heterocycles. The van der Waals surface area contributed by atoms with Crippen LogP contribution in [0.15, 0.2) is 66.7 Å². The number of anilines is 1. The summed E-state index contributed by atoms with van der Waals surface area (Å²) in [4.78, 5) is 12.3. The second kappa shape index (κ2) is 8.47. The van der Waals surface area contributed by atoms with E-state index in [2.05, 4.69) is 10.1 Å². The van der Waals surface area contributed by atoms with Crippen molar-refractivity contribution in [1.82, 2.24) is 0 Å². The number of hydrogen-bond donors (Lipinski definition) is 1. The second-order valence-corrected chi connectivity index (χ2v) is 5.78. The number of carbonyl (C=O) groups is 1. The number of benzene rings is 3. The van der Waals surface area contributed by atoms with Crippen LogP contribution in [0, 0.1) is 5.82 Å². The van der Waals surface area contributed by atoms with E-state index in [1.165, 1.54) is 43.5 Å². The van der Waals surface area contributed by atoms with Gasteiger partial charge in [-0.1, -0.05) is 18.2 Å². The van der Waals surface area contributed by atoms with Crippen LogP contribution in [-0.2, 0) is 0 Å². The van der Waals surface area contributed by atoms with E-state index in [-0.39, 0.29) is 11.3 Å². The fraction of sp³-hybridized carbons (Fsp3) is 0.0952. The number of rotatable bonds is 6. The van der Waals surface area contributed by atoms with Crippen LogP contribution in [-0.4, -0.2) is 19.6 Å². The van der Waals surface area contributed by atoms with E-state index in [1.807, 2.05) is 0 Å². The molecule has 0 bridgehead atoms. The molecule has 0 radical (unpaired) electrons. The molecule has 0 saturated carbocycles. The maximum Gasteiger partial charge on any atom is 0.387 e. The van der Waals surface area contributed by atoms with Crippen LogP contribution >= 0.6 is 0 Å². The van der Waals surface area contributed by atoms with Crippen molar-refractivity contribution in [2.24, 2.45) is 0 Å². The molecule has 3 aromatic rings. The molecular formula is C21H16F3NO3. The summed E-state index contributed by atoms with van der Waals surface area (Å²) in [6.45, 7) is -3.00. The maximum absolute atomic E-state index is 13.3. The number of carbonyl (C=O) groups excluding carboxylic acids is 1. The molecule has 28 heavy (non-hydrogen) atoms. The molecular weight excluding hydrogens is 371 g/mol. The van der Waals surface area contributed by atoms with E-state index in [1.54, 1.807) is 24.3 Å². The molecule has 3 rings (SSSR count). The first-order valence-corrected chi connectivity index (χ1v) is 8.26. The summed E-state index contributed by atoms with van der Waals surface area (Å²) in [5, 5.41) is 2.63. The maximum atomic E-state index is 13.3. The first-order valence-electron chi connectivity index (χ1n) is 8.26. The molecule has 0 spiro atoms. The first kappa shape index (κ1) is 19.3. The van der Waals surface area contributed by atoms with Crippen molar-refractivity contribution in [1.29, 1.82) is 0 Å². The van der Waals surface area contributed by atoms with Crippen molar-refractivity contribution in [3.63, 3.8) is 0 Å². The number of hydrogen-bond acceptors (Lipinski definition) is 3. The van der Waals surface area contributed by atoms with Crippen LogP contribution in [0.2, 0.25) is 0 Å². The van der Waals surface area contributed by atoms with Gasteiger partial charge in [0.25, 0.3) is 5.91 Å². The highest BCUT2D eigenvalue weighted by Gasteiger charge is 2.14. The lowest BCUT2D eigenvalue weighted by Crippen LogP contribution is -2.12. The fourth-order valence-electron chi connectivity index (χ4n) is 2.64. The van der Waals surface area contributed by atoms with Crippen molar-refractivity contribution >= 4 is 11.6 Å². The van der Waals surface area contributed by atoms with Crippen molar-refractivity contribution in [2.45, 2.75) is 6.61 Å². The zero-order valence-corrected chi connectivity index (χ0v) is 14.8. The zero-order valence-electron chi connectivity index (χ0n) is 14.8. The minimum Gasteiger partial charge on any atom is -0.497 e. The van der Waals surface area contributed by atoms with Crippen LogP contribution < -0.4 is 14.8 Å². The van der Waals surface area contributed by atoms with Crippen molar-refractivity contribution in [2.75, 3.05) is 12.4 Å². The largest absolute Gasteiger partial charge is 0.497 e. The van der Waals surface area contributed by atoms with Crippen molar-refractivity contribution in [3.05, 3.63) is 78.1 Å². The Morgan fingerprint density at radius 3 is 2.39 bits per heavy atom. The number of alkyl halides is 2. The normalized spacial score (nSPS) is 10.6. The number of nitrogens with one attached hydrogen (secondary N) is 1. The molecule has 0 unspecified atom stereocenters. The number of halogens is 3. The summed E-state index contributed by atoms with van der Waals surface area (Å²) in [7, 11) is 1.52. The molecule has 0 fully saturated rings. The summed E-state index contributed by atoms with van der Waals surface area (Å²) in [5.74, 6) is -0.491. The molecule has 0 saturated heterocycles. The Bertz CT molecular complexity index is 975. The third kappa shape index (κ3) is 4.62. The van der Waals surface area contributed by atoms with Gasteiger partial charge in [-0.2, -0.15) is 8.78 Å². The third-order valence-electron chi connectivity index (χ3n) is 3.94. The van der Waals surface area contributed by atoms with Crippen LogP contribution in [0.4, 0.5) is 18.9 Å². The Labute approximate surface area is 159 Å². The van der Waals surface area contributed by atoms with Gasteiger partial charge in [0.1, 0.15) is 17.3 Å². The third-order valence-corrected chi connectivity index (χ3v) is 3.94. The van der Waals surface area contributed by atoms with E-state index in [0.717, 1.165) is 6.07 Å². The van der Waals surface area contributed by atoms with E-state index in [9.17, 15) is 18.0 Å². The molecule has 1 amide bonds. The van der Waals surface area contributed by atoms with Crippen LogP contribution in [0.25, 0.3) is 11.1 Å². The summed E-state index contributed by atoms with van der Waals surface area (Å²) < 4.78 is 48.5. The van der Waals surface area contributed by atoms with Gasteiger partial charge in [0.2, 0.25) is 0 Å². The van der Waals surface area contributed by atoms with Gasteiger partial charge in [-0.25, -0.2) is 4.39 Å². The van der Waals surface area contributed by atoms with E-state index in [0.29, 0.717) is 22.6 Å². The van der Waals surface area contributed by atoms with Crippen molar-refractivity contribution < 1.29 is 27.4 Å². The average molecular weight is 387 g/mol. The van der Waals surface area contributed by atoms with Crippen LogP contribution in [0.5, 0.6) is 11.5 Å². The molecule has 0 heterocycles. The monoisotopic (exact) mass is 387 g/mol. The smallest absolute Gasteiger partial charge is 0.387 e. The van der Waals surface area contributed by atoms with Gasteiger partial charge in [-0.15, -0.1) is 0 Å². The minimum atomic E-state index is -3.00. The van der Waals surface area contributed by atoms with E-state index in [4.69, 9.17) is 4.74 Å². The lowest BCUT2D eigenvalue weighted by molar-refractivity contribution is -0.0494. The Kier molecular flexibility index (Phi) is 5.84. The van der Waals surface area contributed by atoms with Crippen LogP contribution in [0.3, 0.4) is 0 Å². The molecule has 7 heteroatoms. The highest BCUT2D eigenvalue weighted by Crippen LogP contribution is 2.34. The first-order chi connectivity index (χ1) is 13.5. The Morgan fingerprint density at radius 1 is 1.00 bits per heavy atom. The predicted octanol–water partition coefficient (Wildman–Crippen LogP) is 5.36. The van der Waals surface area contributed by atoms with Gasteiger partial charge in [0.15, 0.2) is 0 Å². The van der Waals surface area contributed by atoms with E-state index < -0.39 is 18.3 Å². The number of ether oxygens (including phenoxy) is 2. The minimum absolute atomic E-state index is 0.0380. The van der Waals surface area contributed by atoms with Gasteiger partial charge >= 0.3 is 6.61 Å². The van der Waals surface area contributed by atoms with Gasteiger partial charge in [0.05, 0.1) is 7.11 Å². The predicted molar refractivity (Wildman–Crippen MR) is 99.4 cm³/mol. The molecule has 0 aliphatic rings. The molecule has 4 nitrogen and oxygen atoms in total. The number of amides is 1. The summed E-state index contributed by atoms with van der Waals surface area (Å²) in [6, 6.07) is 16.2. The molecule has 0 aliphatic carbocycles. The molecule has 144 valence electrons. The van der Waals surface area contributed by atoms with Crippen molar-refractivity contribution in [3.8, 4) is 22.6 Å². The summed E-state index contributed by atoms with van der Waals surface area (Å²) >= 11 is 0. The average Bonchev–Trinajstić information content (AvgIpc) is 2.69. The topological polar surface area (TPSA) is 47.6 Å². The SMILES string of the molecule is COc1ccc(-c2cc(NC(=O)c3cccc(F)c3)ccc2OC(F)F)cc1. The molecule has 0 atom stereocenters. The Hall–Kier alpha value is -3.48. The van der Waals surface area contributed by atoms with Gasteiger partial charge < -0.3 is 14.8 Å². The quantitative estimate of drug-likeness (QED) is 0.620. The van der Waals surface area contributed by atoms with Gasteiger partial charge in [-0.05, 0) is 54.1 Å². The summed E-state index contributed by atoms with van der Waals surface area (Å²) in [5.41, 5.74) is 1.44. The lowest BCUT2D eigenvalue weighted by atomic mass is 10.0. The Balaban J connectivity index is 1.93. The van der Waals surface area contributed by atoms with Gasteiger partial charge in [0, 0.05) is 16.8 Å². The second-order valence-electron chi connectivity index (χ2n) is 5.78. The Morgan fingerprint density at radius 2 is 1.75 bits per heavy atom. The van der Waals surface area contributed by atoms with E-state index >= 15 is 0 Å². The standard InChI is InChI=1S/C21H16F3NO3/c1-27-17-8-5-13(6-9-17)18-12-16(7-10-19(18)28-21(23)24)25-20(26)14-3-2-4-15(22)11-14/h2-12,21H,1H3,(H,25,26). The van der Waals surface area contributed by atoms with Crippen LogP contribution in [0.1, 0.15) is 10.4 Å². The highest BCUT2D eigenvalue weighted by molar-refractivity contribution is 6.04.